The highest BCUT2D eigenvalue weighted by atomic mass is 35.5. The largest absolute Gasteiger partial charge is 0.505 e. The van der Waals surface area contributed by atoms with E-state index in [9.17, 15) is 14.7 Å². The summed E-state index contributed by atoms with van der Waals surface area (Å²) in [6.07, 6.45) is 1.25. The molecule has 2 rings (SSSR count). The molecule has 6 nitrogen and oxygen atoms in total. The van der Waals surface area contributed by atoms with Crippen molar-refractivity contribution in [2.24, 2.45) is 5.10 Å². The zero-order chi connectivity index (χ0) is 17.5. The Morgan fingerprint density at radius 1 is 1.08 bits per heavy atom. The molecule has 0 aliphatic heterocycles. The molecule has 0 atom stereocenters. The van der Waals surface area contributed by atoms with E-state index >= 15 is 0 Å². The molecule has 0 heterocycles. The summed E-state index contributed by atoms with van der Waals surface area (Å²) >= 11 is 11.5. The quantitative estimate of drug-likeness (QED) is 0.441. The van der Waals surface area contributed by atoms with Gasteiger partial charge in [0.2, 0.25) is 0 Å². The number of nitrogens with zero attached hydrogens (tertiary/aromatic N) is 1. The van der Waals surface area contributed by atoms with E-state index in [1.807, 2.05) is 30.3 Å². The number of hydrazone groups is 1. The van der Waals surface area contributed by atoms with Crippen molar-refractivity contribution in [3.05, 3.63) is 63.6 Å². The molecule has 0 aliphatic carbocycles. The smallest absolute Gasteiger partial charge is 0.329 e. The van der Waals surface area contributed by atoms with Crippen molar-refractivity contribution in [2.75, 3.05) is 0 Å². The molecule has 2 aromatic carbocycles. The van der Waals surface area contributed by atoms with E-state index in [2.05, 4.69) is 15.8 Å². The summed E-state index contributed by atoms with van der Waals surface area (Å²) in [5.41, 5.74) is 3.41. The Labute approximate surface area is 148 Å². The fourth-order valence-corrected chi connectivity index (χ4v) is 2.24. The summed E-state index contributed by atoms with van der Waals surface area (Å²) in [6.45, 7) is 0.236. The normalized spacial score (nSPS) is 10.6. The van der Waals surface area contributed by atoms with Crippen LogP contribution in [-0.2, 0) is 16.1 Å². The SMILES string of the molecule is O=C(NCc1ccccc1)C(=O)N/N=C/c1cc(Cl)c(O)c(Cl)c1. The van der Waals surface area contributed by atoms with Crippen LogP contribution in [0.15, 0.2) is 47.6 Å². The molecular weight excluding hydrogens is 353 g/mol. The number of nitrogens with one attached hydrogen (secondary N) is 2. The van der Waals surface area contributed by atoms with Crippen molar-refractivity contribution in [3.63, 3.8) is 0 Å². The van der Waals surface area contributed by atoms with E-state index in [0.717, 1.165) is 5.56 Å². The van der Waals surface area contributed by atoms with Gasteiger partial charge in [-0.15, -0.1) is 0 Å². The topological polar surface area (TPSA) is 90.8 Å². The highest BCUT2D eigenvalue weighted by Crippen LogP contribution is 2.32. The predicted octanol–water partition coefficient (Wildman–Crippen LogP) is 2.47. The van der Waals surface area contributed by atoms with E-state index < -0.39 is 11.8 Å². The summed E-state index contributed by atoms with van der Waals surface area (Å²) in [4.78, 5) is 23.3. The second-order valence-corrected chi connectivity index (χ2v) is 5.51. The van der Waals surface area contributed by atoms with E-state index in [1.54, 1.807) is 0 Å². The standard InChI is InChI=1S/C16H13Cl2N3O3/c17-12-6-11(7-13(18)14(12)22)9-20-21-16(24)15(23)19-8-10-4-2-1-3-5-10/h1-7,9,22H,8H2,(H,19,23)(H,21,24)/b20-9+. The van der Waals surface area contributed by atoms with Crippen molar-refractivity contribution in [3.8, 4) is 5.75 Å². The lowest BCUT2D eigenvalue weighted by Gasteiger charge is -2.04. The number of amides is 2. The minimum atomic E-state index is -0.904. The molecule has 0 unspecified atom stereocenters. The minimum absolute atomic E-state index is 0.0517. The Balaban J connectivity index is 1.87. The third-order valence-corrected chi connectivity index (χ3v) is 3.50. The second-order valence-electron chi connectivity index (χ2n) is 4.70. The Hall–Kier alpha value is -2.57. The van der Waals surface area contributed by atoms with Gasteiger partial charge in [0.1, 0.15) is 0 Å². The summed E-state index contributed by atoms with van der Waals surface area (Å²) in [5, 5.41) is 15.7. The molecule has 0 aromatic heterocycles. The van der Waals surface area contributed by atoms with Gasteiger partial charge in [0.25, 0.3) is 0 Å². The van der Waals surface area contributed by atoms with Gasteiger partial charge in [0.05, 0.1) is 16.3 Å². The van der Waals surface area contributed by atoms with Gasteiger partial charge in [-0.25, -0.2) is 5.43 Å². The van der Waals surface area contributed by atoms with Crippen molar-refractivity contribution < 1.29 is 14.7 Å². The van der Waals surface area contributed by atoms with Crippen LogP contribution in [0.3, 0.4) is 0 Å². The molecule has 0 fully saturated rings. The summed E-state index contributed by atoms with van der Waals surface area (Å²) in [5.74, 6) is -1.95. The second kappa shape index (κ2) is 8.33. The van der Waals surface area contributed by atoms with Gasteiger partial charge in [0, 0.05) is 6.54 Å². The van der Waals surface area contributed by atoms with Crippen LogP contribution in [0, 0.1) is 0 Å². The average Bonchev–Trinajstić information content (AvgIpc) is 2.58. The van der Waals surface area contributed by atoms with Crippen molar-refractivity contribution in [1.29, 1.82) is 0 Å². The number of carbonyl (C=O) groups excluding carboxylic acids is 2. The maximum Gasteiger partial charge on any atom is 0.329 e. The Bertz CT molecular complexity index is 756. The van der Waals surface area contributed by atoms with Crippen molar-refractivity contribution >= 4 is 41.2 Å². The highest BCUT2D eigenvalue weighted by Gasteiger charge is 2.12. The van der Waals surface area contributed by atoms with Gasteiger partial charge < -0.3 is 10.4 Å². The number of halogens is 2. The number of phenolic OH excluding ortho intramolecular Hbond substituents is 1. The summed E-state index contributed by atoms with van der Waals surface area (Å²) < 4.78 is 0. The first-order chi connectivity index (χ1) is 11.5. The van der Waals surface area contributed by atoms with Crippen molar-refractivity contribution in [2.45, 2.75) is 6.54 Å². The molecule has 0 saturated carbocycles. The van der Waals surface area contributed by atoms with Crippen LogP contribution in [0.25, 0.3) is 0 Å². The first-order valence-electron chi connectivity index (χ1n) is 6.80. The first-order valence-corrected chi connectivity index (χ1v) is 7.56. The fourth-order valence-electron chi connectivity index (χ4n) is 1.73. The lowest BCUT2D eigenvalue weighted by Crippen LogP contribution is -2.37. The first kappa shape index (κ1) is 17.8. The molecule has 124 valence electrons. The summed E-state index contributed by atoms with van der Waals surface area (Å²) in [7, 11) is 0. The molecule has 0 radical (unpaired) electrons. The highest BCUT2D eigenvalue weighted by molar-refractivity contribution is 6.37. The Morgan fingerprint density at radius 2 is 1.71 bits per heavy atom. The number of phenols is 1. The number of aromatic hydroxyl groups is 1. The molecule has 2 aromatic rings. The molecule has 2 amide bonds. The van der Waals surface area contributed by atoms with Crippen LogP contribution in [-0.4, -0.2) is 23.1 Å². The molecule has 0 aliphatic rings. The number of rotatable bonds is 4. The average molecular weight is 366 g/mol. The Morgan fingerprint density at radius 3 is 2.33 bits per heavy atom. The van der Waals surface area contributed by atoms with Gasteiger partial charge >= 0.3 is 11.8 Å². The molecule has 0 saturated heterocycles. The molecule has 0 spiro atoms. The zero-order valence-electron chi connectivity index (χ0n) is 12.3. The van der Waals surface area contributed by atoms with Crippen LogP contribution >= 0.6 is 23.2 Å². The van der Waals surface area contributed by atoms with Gasteiger partial charge in [-0.3, -0.25) is 9.59 Å². The van der Waals surface area contributed by atoms with Crippen LogP contribution < -0.4 is 10.7 Å². The molecule has 8 heteroatoms. The van der Waals surface area contributed by atoms with Crippen molar-refractivity contribution in [1.82, 2.24) is 10.7 Å². The molecular formula is C16H13Cl2N3O3. The maximum atomic E-state index is 11.6. The van der Waals surface area contributed by atoms with E-state index in [1.165, 1.54) is 18.3 Å². The van der Waals surface area contributed by atoms with Crippen LogP contribution in [0.2, 0.25) is 10.0 Å². The van der Waals surface area contributed by atoms with Gasteiger partial charge in [-0.1, -0.05) is 53.5 Å². The maximum absolute atomic E-state index is 11.6. The molecule has 0 bridgehead atoms. The number of hydrogen-bond donors (Lipinski definition) is 3. The zero-order valence-corrected chi connectivity index (χ0v) is 13.8. The molecule has 3 N–H and O–H groups in total. The van der Waals surface area contributed by atoms with Gasteiger partial charge in [0.15, 0.2) is 5.75 Å². The predicted molar refractivity (Wildman–Crippen MR) is 92.2 cm³/mol. The lowest BCUT2D eigenvalue weighted by molar-refractivity contribution is -0.139. The Kier molecular flexibility index (Phi) is 6.17. The number of benzene rings is 2. The van der Waals surface area contributed by atoms with E-state index in [4.69, 9.17) is 23.2 Å². The monoisotopic (exact) mass is 365 g/mol. The molecule has 24 heavy (non-hydrogen) atoms. The van der Waals surface area contributed by atoms with Crippen LogP contribution in [0.5, 0.6) is 5.75 Å². The van der Waals surface area contributed by atoms with E-state index in [0.29, 0.717) is 5.56 Å². The van der Waals surface area contributed by atoms with Crippen LogP contribution in [0.4, 0.5) is 0 Å². The summed E-state index contributed by atoms with van der Waals surface area (Å²) in [6, 6.07) is 12.0. The van der Waals surface area contributed by atoms with Gasteiger partial charge in [-0.2, -0.15) is 5.10 Å². The lowest BCUT2D eigenvalue weighted by atomic mass is 10.2. The minimum Gasteiger partial charge on any atom is -0.505 e. The fraction of sp³-hybridized carbons (Fsp3) is 0.0625. The van der Waals surface area contributed by atoms with Gasteiger partial charge in [-0.05, 0) is 23.3 Å². The number of hydrogen-bond acceptors (Lipinski definition) is 4. The third-order valence-electron chi connectivity index (χ3n) is 2.92. The number of carbonyl (C=O) groups is 2. The van der Waals surface area contributed by atoms with Crippen LogP contribution in [0.1, 0.15) is 11.1 Å². The van der Waals surface area contributed by atoms with E-state index in [-0.39, 0.29) is 22.3 Å². The third kappa shape index (κ3) is 4.97.